The minimum absolute atomic E-state index is 0.00398. The maximum Gasteiger partial charge on any atom is 0.242 e. The van der Waals surface area contributed by atoms with Crippen LogP contribution in [0.2, 0.25) is 0 Å². The fraction of sp³-hybridized carbons (Fsp3) is 0.364. The van der Waals surface area contributed by atoms with Crippen molar-refractivity contribution in [2.45, 2.75) is 18.8 Å². The van der Waals surface area contributed by atoms with Crippen molar-refractivity contribution in [1.29, 1.82) is 0 Å². The van der Waals surface area contributed by atoms with Crippen LogP contribution in [0.5, 0.6) is 0 Å². The van der Waals surface area contributed by atoms with E-state index in [1.165, 1.54) is 0 Å². The molecule has 0 N–H and O–H groups in total. The molecule has 1 aromatic rings. The van der Waals surface area contributed by atoms with Crippen LogP contribution in [0.1, 0.15) is 28.3 Å². The van der Waals surface area contributed by atoms with Crippen LogP contribution in [-0.4, -0.2) is 12.7 Å². The Bertz CT molecular complexity index is 332. The van der Waals surface area contributed by atoms with E-state index in [4.69, 9.17) is 0 Å². The minimum Gasteiger partial charge on any atom is -0.298 e. The van der Waals surface area contributed by atoms with Crippen molar-refractivity contribution in [3.05, 3.63) is 35.4 Å². The number of benzene rings is 1. The van der Waals surface area contributed by atoms with E-state index in [1.54, 1.807) is 24.3 Å². The van der Waals surface area contributed by atoms with Crippen molar-refractivity contribution >= 4 is 6.29 Å². The van der Waals surface area contributed by atoms with Gasteiger partial charge in [-0.2, -0.15) is 0 Å². The van der Waals surface area contributed by atoms with Crippen LogP contribution in [-0.2, 0) is 0 Å². The molecule has 1 aliphatic rings. The number of alkyl halides is 2. The smallest absolute Gasteiger partial charge is 0.242 e. The molecule has 3 heteroatoms. The summed E-state index contributed by atoms with van der Waals surface area (Å²) in [6.45, 7) is 0. The number of carbonyl (C=O) groups is 1. The fourth-order valence-electron chi connectivity index (χ4n) is 1.70. The molecule has 0 heterocycles. The van der Waals surface area contributed by atoms with E-state index >= 15 is 0 Å². The minimum atomic E-state index is -2.22. The third-order valence-corrected chi connectivity index (χ3v) is 2.66. The second-order valence-corrected chi connectivity index (χ2v) is 3.63. The molecule has 0 spiro atoms. The van der Waals surface area contributed by atoms with E-state index < -0.39 is 12.3 Å². The van der Waals surface area contributed by atoms with Crippen LogP contribution in [0.3, 0.4) is 0 Å². The first-order valence-corrected chi connectivity index (χ1v) is 4.55. The lowest BCUT2D eigenvalue weighted by Gasteiger charge is -1.99. The lowest BCUT2D eigenvalue weighted by molar-refractivity contribution is 0.112. The summed E-state index contributed by atoms with van der Waals surface area (Å²) in [6.07, 6.45) is -0.898. The van der Waals surface area contributed by atoms with Gasteiger partial charge >= 0.3 is 0 Å². The number of aldehydes is 1. The molecular weight excluding hydrogens is 186 g/mol. The number of carbonyl (C=O) groups excluding carboxylic acids is 1. The summed E-state index contributed by atoms with van der Waals surface area (Å²) in [5.74, 6) is -0.479. The second kappa shape index (κ2) is 3.48. The Morgan fingerprint density at radius 3 is 2.36 bits per heavy atom. The van der Waals surface area contributed by atoms with E-state index in [-0.39, 0.29) is 5.92 Å². The van der Waals surface area contributed by atoms with Gasteiger partial charge in [0.15, 0.2) is 0 Å². The van der Waals surface area contributed by atoms with Gasteiger partial charge in [0.1, 0.15) is 6.29 Å². The van der Waals surface area contributed by atoms with E-state index in [0.29, 0.717) is 12.0 Å². The van der Waals surface area contributed by atoms with Crippen molar-refractivity contribution in [1.82, 2.24) is 0 Å². The zero-order chi connectivity index (χ0) is 10.1. The maximum absolute atomic E-state index is 12.2. The second-order valence-electron chi connectivity index (χ2n) is 3.63. The maximum atomic E-state index is 12.2. The average Bonchev–Trinajstić information content (AvgIpc) is 2.97. The van der Waals surface area contributed by atoms with Crippen LogP contribution < -0.4 is 0 Å². The molecule has 74 valence electrons. The third-order valence-electron chi connectivity index (χ3n) is 2.66. The Hall–Kier alpha value is -1.25. The van der Waals surface area contributed by atoms with Crippen molar-refractivity contribution in [3.8, 4) is 0 Å². The standard InChI is InChI=1S/C11H10F2O/c12-11(13)10-5-9(10)8-3-1-7(6-14)2-4-8/h1-4,6,9-11H,5H2. The summed E-state index contributed by atoms with van der Waals surface area (Å²) in [6, 6.07) is 6.86. The number of halogens is 2. The molecule has 1 aromatic carbocycles. The SMILES string of the molecule is O=Cc1ccc(C2CC2C(F)F)cc1. The van der Waals surface area contributed by atoms with Gasteiger partial charge in [-0.05, 0) is 17.9 Å². The first-order chi connectivity index (χ1) is 6.72. The summed E-state index contributed by atoms with van der Waals surface area (Å²) in [5.41, 5.74) is 1.50. The highest BCUT2D eigenvalue weighted by atomic mass is 19.3. The molecule has 14 heavy (non-hydrogen) atoms. The highest BCUT2D eigenvalue weighted by Gasteiger charge is 2.44. The topological polar surface area (TPSA) is 17.1 Å². The van der Waals surface area contributed by atoms with Crippen molar-refractivity contribution in [2.75, 3.05) is 0 Å². The first kappa shape index (κ1) is 9.31. The zero-order valence-electron chi connectivity index (χ0n) is 7.49. The molecule has 0 radical (unpaired) electrons. The van der Waals surface area contributed by atoms with Crippen molar-refractivity contribution < 1.29 is 13.6 Å². The quantitative estimate of drug-likeness (QED) is 0.679. The van der Waals surface area contributed by atoms with Gasteiger partial charge in [-0.1, -0.05) is 24.3 Å². The highest BCUT2D eigenvalue weighted by Crippen LogP contribution is 2.50. The summed E-state index contributed by atoms with van der Waals surface area (Å²) in [5, 5.41) is 0. The molecule has 0 aromatic heterocycles. The predicted molar refractivity (Wildman–Crippen MR) is 48.7 cm³/mol. The summed E-state index contributed by atoms with van der Waals surface area (Å²) in [4.78, 5) is 10.4. The Balaban J connectivity index is 2.08. The Morgan fingerprint density at radius 2 is 1.93 bits per heavy atom. The lowest BCUT2D eigenvalue weighted by Crippen LogP contribution is -1.95. The van der Waals surface area contributed by atoms with Gasteiger partial charge in [0.05, 0.1) is 0 Å². The van der Waals surface area contributed by atoms with Crippen LogP contribution in [0.25, 0.3) is 0 Å². The van der Waals surface area contributed by atoms with E-state index in [0.717, 1.165) is 11.8 Å². The molecule has 0 amide bonds. The largest absolute Gasteiger partial charge is 0.298 e. The van der Waals surface area contributed by atoms with Gasteiger partial charge in [0, 0.05) is 11.5 Å². The highest BCUT2D eigenvalue weighted by molar-refractivity contribution is 5.74. The molecule has 1 nitrogen and oxygen atoms in total. The molecule has 0 saturated heterocycles. The zero-order valence-corrected chi connectivity index (χ0v) is 7.49. The van der Waals surface area contributed by atoms with Gasteiger partial charge < -0.3 is 0 Å². The monoisotopic (exact) mass is 196 g/mol. The summed E-state index contributed by atoms with van der Waals surface area (Å²) >= 11 is 0. The van der Waals surface area contributed by atoms with Crippen molar-refractivity contribution in [2.24, 2.45) is 5.92 Å². The van der Waals surface area contributed by atoms with Crippen LogP contribution in [0.15, 0.2) is 24.3 Å². The Labute approximate surface area is 80.7 Å². The van der Waals surface area contributed by atoms with Gasteiger partial charge in [-0.25, -0.2) is 8.78 Å². The molecule has 1 aliphatic carbocycles. The molecule has 0 aliphatic heterocycles. The number of rotatable bonds is 3. The predicted octanol–water partition coefficient (Wildman–Crippen LogP) is 2.87. The first-order valence-electron chi connectivity index (χ1n) is 4.55. The fourth-order valence-corrected chi connectivity index (χ4v) is 1.70. The summed E-state index contributed by atoms with van der Waals surface area (Å²) < 4.78 is 24.5. The third kappa shape index (κ3) is 1.67. The van der Waals surface area contributed by atoms with Crippen LogP contribution in [0.4, 0.5) is 8.78 Å². The molecule has 2 unspecified atom stereocenters. The molecule has 2 rings (SSSR count). The van der Waals surface area contributed by atoms with E-state index in [1.807, 2.05) is 0 Å². The normalized spacial score (nSPS) is 25.1. The molecular formula is C11H10F2O. The Kier molecular flexibility index (Phi) is 2.32. The summed E-state index contributed by atoms with van der Waals surface area (Å²) in [7, 11) is 0. The average molecular weight is 196 g/mol. The van der Waals surface area contributed by atoms with Gasteiger partial charge in [0.2, 0.25) is 6.43 Å². The van der Waals surface area contributed by atoms with E-state index in [9.17, 15) is 13.6 Å². The van der Waals surface area contributed by atoms with Gasteiger partial charge in [-0.15, -0.1) is 0 Å². The van der Waals surface area contributed by atoms with Crippen molar-refractivity contribution in [3.63, 3.8) is 0 Å². The van der Waals surface area contributed by atoms with E-state index in [2.05, 4.69) is 0 Å². The molecule has 2 atom stereocenters. The van der Waals surface area contributed by atoms with Gasteiger partial charge in [-0.3, -0.25) is 4.79 Å². The van der Waals surface area contributed by atoms with Crippen LogP contribution >= 0.6 is 0 Å². The van der Waals surface area contributed by atoms with Gasteiger partial charge in [0.25, 0.3) is 0 Å². The number of hydrogen-bond donors (Lipinski definition) is 0. The molecule has 1 fully saturated rings. The molecule has 1 saturated carbocycles. The Morgan fingerprint density at radius 1 is 1.29 bits per heavy atom. The van der Waals surface area contributed by atoms with Crippen LogP contribution in [0, 0.1) is 5.92 Å². The lowest BCUT2D eigenvalue weighted by atomic mass is 10.1. The number of hydrogen-bond acceptors (Lipinski definition) is 1. The molecule has 0 bridgehead atoms.